The van der Waals surface area contributed by atoms with E-state index >= 15 is 0 Å². The fourth-order valence-electron chi connectivity index (χ4n) is 2.33. The second-order valence-electron chi connectivity index (χ2n) is 4.73. The molecule has 0 radical (unpaired) electrons. The van der Waals surface area contributed by atoms with Crippen molar-refractivity contribution in [3.05, 3.63) is 34.1 Å². The van der Waals surface area contributed by atoms with Gasteiger partial charge in [0.15, 0.2) is 0 Å². The molecular weight excluding hydrogens is 269 g/mol. The third-order valence-corrected chi connectivity index (χ3v) is 3.78. The Morgan fingerprint density at radius 3 is 2.94 bits per heavy atom. The van der Waals surface area contributed by atoms with E-state index in [0.717, 1.165) is 16.0 Å². The van der Waals surface area contributed by atoms with Gasteiger partial charge in [-0.3, -0.25) is 0 Å². The Morgan fingerprint density at radius 2 is 2.25 bits per heavy atom. The highest BCUT2D eigenvalue weighted by atomic mass is 79.9. The fourth-order valence-corrected chi connectivity index (χ4v) is 2.73. The topological polar surface area (TPSA) is 12.0 Å². The molecule has 1 N–H and O–H groups in total. The molecular formula is C13H17BrFN. The van der Waals surface area contributed by atoms with E-state index in [1.165, 1.54) is 25.3 Å². The van der Waals surface area contributed by atoms with Gasteiger partial charge >= 0.3 is 0 Å². The predicted octanol–water partition coefficient (Wildman–Crippen LogP) is 3.87. The molecule has 1 aromatic rings. The van der Waals surface area contributed by atoms with Gasteiger partial charge in [0.05, 0.1) is 0 Å². The number of halogens is 2. The van der Waals surface area contributed by atoms with E-state index in [2.05, 4.69) is 28.2 Å². The van der Waals surface area contributed by atoms with Gasteiger partial charge in [-0.2, -0.15) is 0 Å². The van der Waals surface area contributed by atoms with Crippen molar-refractivity contribution in [1.29, 1.82) is 0 Å². The molecule has 0 spiro atoms. The molecule has 1 aromatic carbocycles. The van der Waals surface area contributed by atoms with Crippen LogP contribution in [0.25, 0.3) is 0 Å². The van der Waals surface area contributed by atoms with Crippen molar-refractivity contribution in [2.24, 2.45) is 5.92 Å². The molecule has 0 bridgehead atoms. The second-order valence-corrected chi connectivity index (χ2v) is 5.65. The molecule has 0 aromatic heterocycles. The predicted molar refractivity (Wildman–Crippen MR) is 67.7 cm³/mol. The summed E-state index contributed by atoms with van der Waals surface area (Å²) in [5, 5.41) is 3.44. The monoisotopic (exact) mass is 285 g/mol. The highest BCUT2D eigenvalue weighted by molar-refractivity contribution is 9.10. The lowest BCUT2D eigenvalue weighted by Crippen LogP contribution is -2.26. The Hall–Kier alpha value is -0.410. The summed E-state index contributed by atoms with van der Waals surface area (Å²) in [7, 11) is 0. The highest BCUT2D eigenvalue weighted by Crippen LogP contribution is 2.25. The Bertz CT molecular complexity index is 367. The minimum atomic E-state index is -0.123. The zero-order chi connectivity index (χ0) is 11.5. The molecule has 0 aliphatic heterocycles. The fraction of sp³-hybridized carbons (Fsp3) is 0.538. The van der Waals surface area contributed by atoms with Crippen molar-refractivity contribution in [3.63, 3.8) is 0 Å². The van der Waals surface area contributed by atoms with Gasteiger partial charge in [-0.15, -0.1) is 0 Å². The Kier molecular flexibility index (Phi) is 3.98. The Balaban J connectivity index is 1.91. The van der Waals surface area contributed by atoms with Crippen LogP contribution in [0.5, 0.6) is 0 Å². The Morgan fingerprint density at radius 1 is 1.44 bits per heavy atom. The summed E-state index contributed by atoms with van der Waals surface area (Å²) >= 11 is 3.36. The zero-order valence-electron chi connectivity index (χ0n) is 9.47. The van der Waals surface area contributed by atoms with Crippen molar-refractivity contribution in [2.75, 3.05) is 0 Å². The van der Waals surface area contributed by atoms with Crippen molar-refractivity contribution >= 4 is 15.9 Å². The normalized spacial score (nSPS) is 24.9. The number of hydrogen-bond donors (Lipinski definition) is 1. The van der Waals surface area contributed by atoms with Crippen molar-refractivity contribution in [1.82, 2.24) is 5.32 Å². The third-order valence-electron chi connectivity index (χ3n) is 3.28. The smallest absolute Gasteiger partial charge is 0.127 e. The molecule has 1 fully saturated rings. The van der Waals surface area contributed by atoms with Gasteiger partial charge in [0.25, 0.3) is 0 Å². The molecule has 1 saturated carbocycles. The lowest BCUT2D eigenvalue weighted by atomic mass is 10.1. The van der Waals surface area contributed by atoms with Crippen LogP contribution in [0.1, 0.15) is 31.7 Å². The average molecular weight is 286 g/mol. The third kappa shape index (κ3) is 3.05. The maximum absolute atomic E-state index is 13.5. The van der Waals surface area contributed by atoms with Crippen LogP contribution in [0.3, 0.4) is 0 Å². The van der Waals surface area contributed by atoms with E-state index < -0.39 is 0 Å². The summed E-state index contributed by atoms with van der Waals surface area (Å²) < 4.78 is 14.4. The van der Waals surface area contributed by atoms with E-state index in [4.69, 9.17) is 0 Å². The summed E-state index contributed by atoms with van der Waals surface area (Å²) in [4.78, 5) is 0. The molecule has 1 nitrogen and oxygen atoms in total. The van der Waals surface area contributed by atoms with Crippen molar-refractivity contribution in [3.8, 4) is 0 Å². The first-order chi connectivity index (χ1) is 7.65. The maximum Gasteiger partial charge on any atom is 0.127 e. The molecule has 1 aliphatic carbocycles. The zero-order valence-corrected chi connectivity index (χ0v) is 11.1. The SMILES string of the molecule is CC1CCC(NCc2cc(Br)ccc2F)C1. The van der Waals surface area contributed by atoms with E-state index in [9.17, 15) is 4.39 Å². The van der Waals surface area contributed by atoms with Crippen LogP contribution in [-0.2, 0) is 6.54 Å². The first-order valence-electron chi connectivity index (χ1n) is 5.82. The molecule has 1 aliphatic rings. The molecule has 88 valence electrons. The molecule has 0 amide bonds. The van der Waals surface area contributed by atoms with Crippen LogP contribution in [-0.4, -0.2) is 6.04 Å². The average Bonchev–Trinajstić information content (AvgIpc) is 2.66. The summed E-state index contributed by atoms with van der Waals surface area (Å²) in [6.45, 7) is 2.91. The lowest BCUT2D eigenvalue weighted by Gasteiger charge is -2.13. The van der Waals surface area contributed by atoms with E-state index in [0.29, 0.717) is 12.6 Å². The van der Waals surface area contributed by atoms with Crippen LogP contribution in [0, 0.1) is 11.7 Å². The highest BCUT2D eigenvalue weighted by Gasteiger charge is 2.20. The van der Waals surface area contributed by atoms with Crippen LogP contribution in [0.15, 0.2) is 22.7 Å². The van der Waals surface area contributed by atoms with Crippen LogP contribution >= 0.6 is 15.9 Å². The summed E-state index contributed by atoms with van der Waals surface area (Å²) in [5.74, 6) is 0.687. The number of nitrogens with one attached hydrogen (secondary N) is 1. The van der Waals surface area contributed by atoms with Crippen LogP contribution < -0.4 is 5.32 Å². The summed E-state index contributed by atoms with van der Waals surface area (Å²) in [6, 6.07) is 5.66. The first-order valence-corrected chi connectivity index (χ1v) is 6.62. The van der Waals surface area contributed by atoms with Gasteiger partial charge in [-0.1, -0.05) is 22.9 Å². The van der Waals surface area contributed by atoms with Gasteiger partial charge in [0, 0.05) is 22.6 Å². The molecule has 0 saturated heterocycles. The van der Waals surface area contributed by atoms with Gasteiger partial charge in [-0.25, -0.2) is 4.39 Å². The minimum absolute atomic E-state index is 0.123. The van der Waals surface area contributed by atoms with E-state index in [1.807, 2.05) is 6.07 Å². The standard InChI is InChI=1S/C13H17BrFN/c1-9-2-4-12(6-9)16-8-10-7-11(14)3-5-13(10)15/h3,5,7,9,12,16H,2,4,6,8H2,1H3. The van der Waals surface area contributed by atoms with E-state index in [-0.39, 0.29) is 5.82 Å². The lowest BCUT2D eigenvalue weighted by molar-refractivity contribution is 0.491. The minimum Gasteiger partial charge on any atom is -0.310 e. The quantitative estimate of drug-likeness (QED) is 0.889. The van der Waals surface area contributed by atoms with E-state index in [1.54, 1.807) is 6.07 Å². The molecule has 3 heteroatoms. The number of hydrogen-bond acceptors (Lipinski definition) is 1. The largest absolute Gasteiger partial charge is 0.310 e. The molecule has 0 heterocycles. The van der Waals surface area contributed by atoms with Crippen LogP contribution in [0.4, 0.5) is 4.39 Å². The van der Waals surface area contributed by atoms with Gasteiger partial charge < -0.3 is 5.32 Å². The molecule has 16 heavy (non-hydrogen) atoms. The number of rotatable bonds is 3. The van der Waals surface area contributed by atoms with Crippen molar-refractivity contribution in [2.45, 2.75) is 38.8 Å². The summed E-state index contributed by atoms with van der Waals surface area (Å²) in [5.41, 5.74) is 0.744. The van der Waals surface area contributed by atoms with Gasteiger partial charge in [0.1, 0.15) is 5.82 Å². The van der Waals surface area contributed by atoms with Crippen LogP contribution in [0.2, 0.25) is 0 Å². The number of benzene rings is 1. The molecule has 2 atom stereocenters. The van der Waals surface area contributed by atoms with Gasteiger partial charge in [0.2, 0.25) is 0 Å². The Labute approximate surface area is 105 Å². The maximum atomic E-state index is 13.5. The first kappa shape index (κ1) is 12.1. The van der Waals surface area contributed by atoms with Crippen molar-refractivity contribution < 1.29 is 4.39 Å². The molecule has 2 rings (SSSR count). The van der Waals surface area contributed by atoms with Gasteiger partial charge in [-0.05, 0) is 43.4 Å². The molecule has 2 unspecified atom stereocenters. The second kappa shape index (κ2) is 5.28. The summed E-state index contributed by atoms with van der Waals surface area (Å²) in [6.07, 6.45) is 3.73.